The van der Waals surface area contributed by atoms with E-state index in [1.165, 1.54) is 13.1 Å². The van der Waals surface area contributed by atoms with Gasteiger partial charge in [0.05, 0.1) is 6.04 Å². The number of hydrogen-bond acceptors (Lipinski definition) is 5. The molecule has 3 saturated heterocycles. The predicted octanol–water partition coefficient (Wildman–Crippen LogP) is -0.337. The third-order valence-electron chi connectivity index (χ3n) is 3.97. The lowest BCUT2D eigenvalue weighted by Crippen LogP contribution is -2.63. The normalized spacial score (nSPS) is 33.6. The van der Waals surface area contributed by atoms with E-state index in [1.54, 1.807) is 6.20 Å². The maximum atomic E-state index is 6.37. The molecule has 5 nitrogen and oxygen atoms in total. The van der Waals surface area contributed by atoms with Crippen molar-refractivity contribution in [3.63, 3.8) is 0 Å². The molecule has 3 fully saturated rings. The van der Waals surface area contributed by atoms with E-state index in [1.807, 2.05) is 12.1 Å². The van der Waals surface area contributed by atoms with Crippen LogP contribution in [0.1, 0.15) is 11.6 Å². The minimum absolute atomic E-state index is 0.0354. The van der Waals surface area contributed by atoms with E-state index >= 15 is 0 Å². The van der Waals surface area contributed by atoms with Crippen LogP contribution in [-0.2, 0) is 0 Å². The van der Waals surface area contributed by atoms with Crippen molar-refractivity contribution in [2.75, 3.05) is 38.5 Å². The van der Waals surface area contributed by atoms with Crippen molar-refractivity contribution in [3.05, 3.63) is 23.9 Å². The molecule has 2 atom stereocenters. The zero-order chi connectivity index (χ0) is 11.8. The van der Waals surface area contributed by atoms with Crippen LogP contribution in [0.4, 0.5) is 5.82 Å². The molecule has 0 saturated carbocycles. The summed E-state index contributed by atoms with van der Waals surface area (Å²) in [6, 6.07) is 4.24. The SMILES string of the molecule is Nc1ncccc1C(N)C1CN2CCN1CC2. The zero-order valence-corrected chi connectivity index (χ0v) is 9.92. The highest BCUT2D eigenvalue weighted by Crippen LogP contribution is 2.27. The van der Waals surface area contributed by atoms with Crippen LogP contribution >= 0.6 is 0 Å². The van der Waals surface area contributed by atoms with Crippen molar-refractivity contribution < 1.29 is 0 Å². The molecule has 0 radical (unpaired) electrons. The Balaban J connectivity index is 1.83. The van der Waals surface area contributed by atoms with Crippen LogP contribution in [-0.4, -0.2) is 53.5 Å². The molecule has 4 rings (SSSR count). The fourth-order valence-corrected chi connectivity index (χ4v) is 2.92. The van der Waals surface area contributed by atoms with Gasteiger partial charge in [-0.05, 0) is 6.07 Å². The lowest BCUT2D eigenvalue weighted by Gasteiger charge is -2.49. The summed E-state index contributed by atoms with van der Waals surface area (Å²) in [5.41, 5.74) is 13.2. The van der Waals surface area contributed by atoms with E-state index in [2.05, 4.69) is 14.8 Å². The second-order valence-corrected chi connectivity index (χ2v) is 4.91. The van der Waals surface area contributed by atoms with Gasteiger partial charge in [0, 0.05) is 50.5 Å². The average Bonchev–Trinajstić information content (AvgIpc) is 2.40. The predicted molar refractivity (Wildman–Crippen MR) is 67.4 cm³/mol. The number of nitrogen functional groups attached to an aromatic ring is 1. The molecule has 2 unspecified atom stereocenters. The molecule has 0 spiro atoms. The molecule has 92 valence electrons. The second-order valence-electron chi connectivity index (χ2n) is 4.91. The minimum Gasteiger partial charge on any atom is -0.383 e. The van der Waals surface area contributed by atoms with E-state index < -0.39 is 0 Å². The van der Waals surface area contributed by atoms with Crippen molar-refractivity contribution in [1.82, 2.24) is 14.8 Å². The number of rotatable bonds is 2. The summed E-state index contributed by atoms with van der Waals surface area (Å²) in [7, 11) is 0. The van der Waals surface area contributed by atoms with E-state index in [0.29, 0.717) is 11.9 Å². The van der Waals surface area contributed by atoms with Crippen LogP contribution < -0.4 is 11.5 Å². The fraction of sp³-hybridized carbons (Fsp3) is 0.583. The van der Waals surface area contributed by atoms with Gasteiger partial charge in [-0.25, -0.2) is 4.98 Å². The minimum atomic E-state index is -0.0354. The highest BCUT2D eigenvalue weighted by molar-refractivity contribution is 5.41. The standard InChI is InChI=1S/C12H19N5/c13-11(9-2-1-3-15-12(9)14)10-8-16-4-6-17(10)7-5-16/h1-3,10-11H,4-8,13H2,(H2,14,15). The maximum absolute atomic E-state index is 6.37. The molecule has 1 aromatic rings. The molecule has 2 bridgehead atoms. The van der Waals surface area contributed by atoms with Gasteiger partial charge in [-0.1, -0.05) is 6.07 Å². The quantitative estimate of drug-likeness (QED) is 0.731. The van der Waals surface area contributed by atoms with Gasteiger partial charge >= 0.3 is 0 Å². The van der Waals surface area contributed by atoms with Gasteiger partial charge in [-0.2, -0.15) is 0 Å². The summed E-state index contributed by atoms with van der Waals surface area (Å²) < 4.78 is 0. The molecule has 17 heavy (non-hydrogen) atoms. The van der Waals surface area contributed by atoms with Crippen LogP contribution in [0, 0.1) is 0 Å². The second kappa shape index (κ2) is 4.25. The average molecular weight is 233 g/mol. The molecule has 4 heterocycles. The maximum Gasteiger partial charge on any atom is 0.128 e. The van der Waals surface area contributed by atoms with Crippen LogP contribution in [0.3, 0.4) is 0 Å². The molecule has 5 heteroatoms. The lowest BCUT2D eigenvalue weighted by atomic mass is 9.95. The van der Waals surface area contributed by atoms with Crippen molar-refractivity contribution in [3.8, 4) is 0 Å². The van der Waals surface area contributed by atoms with E-state index in [4.69, 9.17) is 11.5 Å². The molecule has 3 aliphatic heterocycles. The number of piperazine rings is 3. The number of pyridine rings is 1. The highest BCUT2D eigenvalue weighted by atomic mass is 15.3. The van der Waals surface area contributed by atoms with Gasteiger partial charge in [0.15, 0.2) is 0 Å². The molecular weight excluding hydrogens is 214 g/mol. The van der Waals surface area contributed by atoms with Gasteiger partial charge in [-0.3, -0.25) is 9.80 Å². The Morgan fingerprint density at radius 2 is 2.06 bits per heavy atom. The molecule has 1 aromatic heterocycles. The van der Waals surface area contributed by atoms with Crippen LogP contribution in [0.15, 0.2) is 18.3 Å². The fourth-order valence-electron chi connectivity index (χ4n) is 2.92. The smallest absolute Gasteiger partial charge is 0.128 e. The summed E-state index contributed by atoms with van der Waals surface area (Å²) in [6.07, 6.45) is 1.71. The topological polar surface area (TPSA) is 71.4 Å². The number of aromatic nitrogens is 1. The summed E-state index contributed by atoms with van der Waals surface area (Å²) in [4.78, 5) is 9.09. The van der Waals surface area contributed by atoms with E-state index in [-0.39, 0.29) is 6.04 Å². The van der Waals surface area contributed by atoms with Crippen molar-refractivity contribution in [2.24, 2.45) is 5.73 Å². The van der Waals surface area contributed by atoms with E-state index in [9.17, 15) is 0 Å². The van der Waals surface area contributed by atoms with Gasteiger partial charge in [-0.15, -0.1) is 0 Å². The number of hydrogen-bond donors (Lipinski definition) is 2. The first-order valence-corrected chi connectivity index (χ1v) is 6.18. The zero-order valence-electron chi connectivity index (χ0n) is 9.92. The van der Waals surface area contributed by atoms with Crippen LogP contribution in [0.5, 0.6) is 0 Å². The van der Waals surface area contributed by atoms with Gasteiger partial charge in [0.25, 0.3) is 0 Å². The molecule has 0 amide bonds. The summed E-state index contributed by atoms with van der Waals surface area (Å²) >= 11 is 0. The first-order valence-electron chi connectivity index (χ1n) is 6.18. The number of fused-ring (bicyclic) bond motifs is 3. The third kappa shape index (κ3) is 1.90. The third-order valence-corrected chi connectivity index (χ3v) is 3.97. The van der Waals surface area contributed by atoms with Crippen molar-refractivity contribution in [2.45, 2.75) is 12.1 Å². The molecular formula is C12H19N5. The number of anilines is 1. The molecule has 0 aromatic carbocycles. The Hall–Kier alpha value is -1.17. The summed E-state index contributed by atoms with van der Waals surface area (Å²) in [5, 5.41) is 0. The first-order chi connectivity index (χ1) is 8.25. The number of nitrogens with zero attached hydrogens (tertiary/aromatic N) is 3. The lowest BCUT2D eigenvalue weighted by molar-refractivity contribution is 0.00220. The Morgan fingerprint density at radius 3 is 2.65 bits per heavy atom. The monoisotopic (exact) mass is 233 g/mol. The summed E-state index contributed by atoms with van der Waals surface area (Å²) in [5.74, 6) is 0.567. The summed E-state index contributed by atoms with van der Waals surface area (Å²) in [6.45, 7) is 5.64. The van der Waals surface area contributed by atoms with E-state index in [0.717, 1.165) is 25.2 Å². The molecule has 0 aliphatic carbocycles. The number of nitrogens with two attached hydrogens (primary N) is 2. The Kier molecular flexibility index (Phi) is 2.74. The van der Waals surface area contributed by atoms with Crippen molar-refractivity contribution in [1.29, 1.82) is 0 Å². The van der Waals surface area contributed by atoms with Crippen LogP contribution in [0.25, 0.3) is 0 Å². The van der Waals surface area contributed by atoms with Gasteiger partial charge in [0.1, 0.15) is 5.82 Å². The molecule has 4 N–H and O–H groups in total. The highest BCUT2D eigenvalue weighted by Gasteiger charge is 2.36. The van der Waals surface area contributed by atoms with Crippen LogP contribution in [0.2, 0.25) is 0 Å². The molecule has 3 aliphatic rings. The van der Waals surface area contributed by atoms with Gasteiger partial charge in [0.2, 0.25) is 0 Å². The Bertz CT molecular complexity index is 400. The Labute approximate surface area is 101 Å². The first kappa shape index (κ1) is 11.0. The largest absolute Gasteiger partial charge is 0.383 e. The Morgan fingerprint density at radius 1 is 1.29 bits per heavy atom. The van der Waals surface area contributed by atoms with Gasteiger partial charge < -0.3 is 11.5 Å². The van der Waals surface area contributed by atoms with Crippen molar-refractivity contribution >= 4 is 5.82 Å².